The summed E-state index contributed by atoms with van der Waals surface area (Å²) in [5.41, 5.74) is -0.677. The minimum Gasteiger partial charge on any atom is -0.475 e. The molecule has 1 aliphatic rings. The van der Waals surface area contributed by atoms with E-state index in [1.54, 1.807) is 0 Å². The summed E-state index contributed by atoms with van der Waals surface area (Å²) in [6, 6.07) is 2.76. The molecular formula is C19H19ClF3NO9. The summed E-state index contributed by atoms with van der Waals surface area (Å²) < 4.78 is 59.1. The Labute approximate surface area is 190 Å². The Morgan fingerprint density at radius 3 is 2.39 bits per heavy atom. The van der Waals surface area contributed by atoms with Crippen LogP contribution < -0.4 is 4.74 Å². The smallest absolute Gasteiger partial charge is 0.475 e. The van der Waals surface area contributed by atoms with Crippen LogP contribution in [-0.4, -0.2) is 49.5 Å². The molecule has 10 nitrogen and oxygen atoms in total. The van der Waals surface area contributed by atoms with E-state index in [-0.39, 0.29) is 16.3 Å². The Morgan fingerprint density at radius 1 is 1.15 bits per heavy atom. The standard InChI is InChI=1S/C19H19ClF3NO9/c1-18(2,3)12-8-14-10(7-13(12)20)6-11(15(33-14)19(21,22)23)16(25)30-9-31-17(26)29-4-5-32-24(27)28/h6-8,15H,4-5,9H2,1-3H3. The van der Waals surface area contributed by atoms with Gasteiger partial charge in [0.2, 0.25) is 12.9 Å². The number of hydrogen-bond donors (Lipinski definition) is 0. The maximum Gasteiger partial charge on any atom is 0.511 e. The summed E-state index contributed by atoms with van der Waals surface area (Å²) in [7, 11) is 0. The molecule has 0 bridgehead atoms. The number of carbonyl (C=O) groups is 2. The van der Waals surface area contributed by atoms with Crippen molar-refractivity contribution in [1.82, 2.24) is 0 Å². The van der Waals surface area contributed by atoms with Crippen molar-refractivity contribution in [1.29, 1.82) is 0 Å². The number of carbonyl (C=O) groups excluding carboxylic acids is 2. The van der Waals surface area contributed by atoms with Crippen molar-refractivity contribution in [3.8, 4) is 5.75 Å². The molecule has 0 spiro atoms. The second-order valence-electron chi connectivity index (χ2n) is 7.61. The van der Waals surface area contributed by atoms with Gasteiger partial charge in [-0.15, -0.1) is 10.1 Å². The summed E-state index contributed by atoms with van der Waals surface area (Å²) in [5.74, 6) is -1.57. The van der Waals surface area contributed by atoms with Crippen molar-refractivity contribution in [2.24, 2.45) is 0 Å². The summed E-state index contributed by atoms with van der Waals surface area (Å²) in [6.07, 6.45) is -8.04. The van der Waals surface area contributed by atoms with Crippen molar-refractivity contribution in [2.75, 3.05) is 20.0 Å². The highest BCUT2D eigenvalue weighted by Crippen LogP contribution is 2.42. The zero-order chi connectivity index (χ0) is 25.0. The molecule has 1 atom stereocenters. The number of nitrogens with zero attached hydrogens (tertiary/aromatic N) is 1. The predicted molar refractivity (Wildman–Crippen MR) is 105 cm³/mol. The van der Waals surface area contributed by atoms with Crippen LogP contribution in [0.3, 0.4) is 0 Å². The first kappa shape index (κ1) is 26.0. The van der Waals surface area contributed by atoms with Gasteiger partial charge in [-0.25, -0.2) is 9.59 Å². The van der Waals surface area contributed by atoms with Crippen molar-refractivity contribution in [3.63, 3.8) is 0 Å². The summed E-state index contributed by atoms with van der Waals surface area (Å²) in [4.78, 5) is 37.4. The largest absolute Gasteiger partial charge is 0.511 e. The number of hydrogen-bond acceptors (Lipinski definition) is 9. The summed E-state index contributed by atoms with van der Waals surface area (Å²) in [5, 5.41) is 9.11. The Morgan fingerprint density at radius 2 is 1.82 bits per heavy atom. The van der Waals surface area contributed by atoms with Crippen LogP contribution in [0.5, 0.6) is 5.75 Å². The SMILES string of the molecule is CC(C)(C)c1cc2c(cc1Cl)C=C(C(=O)OCOC(=O)OCCO[N+](=O)[O-])C(C(F)(F)F)O2. The number of benzene rings is 1. The van der Waals surface area contributed by atoms with E-state index in [0.717, 1.165) is 6.08 Å². The van der Waals surface area contributed by atoms with Gasteiger partial charge in [-0.3, -0.25) is 0 Å². The molecule has 0 radical (unpaired) electrons. The van der Waals surface area contributed by atoms with Crippen LogP contribution in [0, 0.1) is 10.1 Å². The molecule has 1 aromatic carbocycles. The average Bonchev–Trinajstić information content (AvgIpc) is 2.68. The van der Waals surface area contributed by atoms with E-state index in [1.165, 1.54) is 12.1 Å². The van der Waals surface area contributed by atoms with Crippen molar-refractivity contribution in [3.05, 3.63) is 44.0 Å². The summed E-state index contributed by atoms with van der Waals surface area (Å²) >= 11 is 6.25. The fourth-order valence-electron chi connectivity index (χ4n) is 2.69. The third kappa shape index (κ3) is 7.14. The third-order valence-corrected chi connectivity index (χ3v) is 4.46. The van der Waals surface area contributed by atoms with E-state index in [0.29, 0.717) is 5.56 Å². The van der Waals surface area contributed by atoms with E-state index in [2.05, 4.69) is 19.0 Å². The highest BCUT2D eigenvalue weighted by molar-refractivity contribution is 6.31. The lowest BCUT2D eigenvalue weighted by molar-refractivity contribution is -0.757. The van der Waals surface area contributed by atoms with Gasteiger partial charge in [0, 0.05) is 10.6 Å². The monoisotopic (exact) mass is 497 g/mol. The number of esters is 1. The van der Waals surface area contributed by atoms with Crippen LogP contribution in [0.1, 0.15) is 31.9 Å². The Hall–Kier alpha value is -3.22. The van der Waals surface area contributed by atoms with Crippen LogP contribution in [0.15, 0.2) is 17.7 Å². The minimum atomic E-state index is -4.96. The first-order valence-corrected chi connectivity index (χ1v) is 9.61. The molecule has 2 rings (SSSR count). The van der Waals surface area contributed by atoms with Crippen LogP contribution >= 0.6 is 11.6 Å². The van der Waals surface area contributed by atoms with Gasteiger partial charge in [-0.05, 0) is 29.2 Å². The van der Waals surface area contributed by atoms with Gasteiger partial charge in [0.25, 0.3) is 5.09 Å². The van der Waals surface area contributed by atoms with Gasteiger partial charge in [0.1, 0.15) is 19.0 Å². The number of halogens is 4. The van der Waals surface area contributed by atoms with Gasteiger partial charge >= 0.3 is 18.3 Å². The molecule has 1 aromatic rings. The van der Waals surface area contributed by atoms with Gasteiger partial charge in [-0.2, -0.15) is 13.2 Å². The van der Waals surface area contributed by atoms with Crippen molar-refractivity contribution < 1.29 is 51.6 Å². The number of rotatable bonds is 7. The topological polar surface area (TPSA) is 123 Å². The fourth-order valence-corrected chi connectivity index (χ4v) is 3.15. The minimum absolute atomic E-state index is 0.111. The predicted octanol–water partition coefficient (Wildman–Crippen LogP) is 4.21. The summed E-state index contributed by atoms with van der Waals surface area (Å²) in [6.45, 7) is 3.28. The lowest BCUT2D eigenvalue weighted by Crippen LogP contribution is -2.41. The van der Waals surface area contributed by atoms with E-state index in [4.69, 9.17) is 16.3 Å². The first-order valence-electron chi connectivity index (χ1n) is 9.23. The maximum atomic E-state index is 13.6. The Balaban J connectivity index is 2.11. The maximum absolute atomic E-state index is 13.6. The highest BCUT2D eigenvalue weighted by Gasteiger charge is 2.49. The fraction of sp³-hybridized carbons (Fsp3) is 0.474. The lowest BCUT2D eigenvalue weighted by atomic mass is 9.85. The van der Waals surface area contributed by atoms with Gasteiger partial charge < -0.3 is 23.8 Å². The van der Waals surface area contributed by atoms with Gasteiger partial charge in [-0.1, -0.05) is 32.4 Å². The molecule has 33 heavy (non-hydrogen) atoms. The molecule has 1 aliphatic heterocycles. The number of fused-ring (bicyclic) bond motifs is 1. The van der Waals surface area contributed by atoms with Crippen LogP contribution in [0.4, 0.5) is 18.0 Å². The quantitative estimate of drug-likeness (QED) is 0.179. The number of alkyl halides is 3. The molecule has 0 saturated heterocycles. The lowest BCUT2D eigenvalue weighted by Gasteiger charge is -2.30. The molecule has 182 valence electrons. The molecule has 1 heterocycles. The Kier molecular flexibility index (Phi) is 8.01. The molecule has 14 heteroatoms. The van der Waals surface area contributed by atoms with Crippen LogP contribution in [-0.2, 0) is 29.3 Å². The van der Waals surface area contributed by atoms with E-state index < -0.39 is 60.5 Å². The van der Waals surface area contributed by atoms with Crippen molar-refractivity contribution in [2.45, 2.75) is 38.5 Å². The van der Waals surface area contributed by atoms with Crippen LogP contribution in [0.2, 0.25) is 5.02 Å². The second-order valence-corrected chi connectivity index (χ2v) is 8.02. The zero-order valence-electron chi connectivity index (χ0n) is 17.6. The Bertz CT molecular complexity index is 957. The normalized spacial score (nSPS) is 15.5. The molecule has 0 fully saturated rings. The van der Waals surface area contributed by atoms with E-state index in [9.17, 15) is 32.9 Å². The van der Waals surface area contributed by atoms with E-state index in [1.807, 2.05) is 20.8 Å². The first-order chi connectivity index (χ1) is 15.2. The van der Waals surface area contributed by atoms with Crippen molar-refractivity contribution >= 4 is 29.8 Å². The highest BCUT2D eigenvalue weighted by atomic mass is 35.5. The molecule has 0 saturated carbocycles. The molecule has 0 amide bonds. The average molecular weight is 498 g/mol. The zero-order valence-corrected chi connectivity index (χ0v) is 18.3. The molecule has 1 unspecified atom stereocenters. The third-order valence-electron chi connectivity index (χ3n) is 4.15. The second kappa shape index (κ2) is 10.1. The van der Waals surface area contributed by atoms with Gasteiger partial charge in [0.15, 0.2) is 0 Å². The number of ether oxygens (including phenoxy) is 4. The molecule has 0 N–H and O–H groups in total. The molecule has 0 aliphatic carbocycles. The van der Waals surface area contributed by atoms with Gasteiger partial charge in [0.05, 0.1) is 5.57 Å². The molecule has 0 aromatic heterocycles. The van der Waals surface area contributed by atoms with Crippen LogP contribution in [0.25, 0.3) is 6.08 Å². The molecular weight excluding hydrogens is 479 g/mol. The van der Waals surface area contributed by atoms with E-state index >= 15 is 0 Å².